The van der Waals surface area contributed by atoms with Crippen LogP contribution in [0.15, 0.2) is 36.4 Å². The fourth-order valence-electron chi connectivity index (χ4n) is 2.57. The average molecular weight is 318 g/mol. The highest BCUT2D eigenvalue weighted by molar-refractivity contribution is 5.91. The number of carbonyl (C=O) groups excluding carboxylic acids is 1. The molecular weight excluding hydrogens is 302 g/mol. The van der Waals surface area contributed by atoms with E-state index >= 15 is 0 Å². The fraction of sp³-hybridized carbons (Fsp3) is 0.235. The van der Waals surface area contributed by atoms with Gasteiger partial charge in [-0.3, -0.25) is 4.90 Å². The molecule has 0 unspecified atom stereocenters. The van der Waals surface area contributed by atoms with E-state index in [9.17, 15) is 13.6 Å². The van der Waals surface area contributed by atoms with E-state index in [2.05, 4.69) is 5.32 Å². The van der Waals surface area contributed by atoms with Crippen molar-refractivity contribution >= 4 is 23.2 Å². The van der Waals surface area contributed by atoms with Gasteiger partial charge in [0.05, 0.1) is 11.4 Å². The van der Waals surface area contributed by atoms with Crippen LogP contribution in [0.25, 0.3) is 0 Å². The van der Waals surface area contributed by atoms with E-state index in [4.69, 9.17) is 4.74 Å². The second-order valence-corrected chi connectivity index (χ2v) is 5.92. The zero-order chi connectivity index (χ0) is 16.8. The number of cyclic esters (lactones) is 1. The van der Waals surface area contributed by atoms with Crippen LogP contribution in [-0.4, -0.2) is 13.1 Å². The quantitative estimate of drug-likeness (QED) is 0.884. The first kappa shape index (κ1) is 15.3. The molecule has 2 aromatic rings. The third kappa shape index (κ3) is 2.72. The van der Waals surface area contributed by atoms with E-state index in [-0.39, 0.29) is 5.69 Å². The zero-order valence-corrected chi connectivity index (χ0v) is 13.0. The molecule has 0 fully saturated rings. The molecule has 0 spiro atoms. The van der Waals surface area contributed by atoms with Crippen LogP contribution in [0.1, 0.15) is 19.4 Å². The maximum absolute atomic E-state index is 13.8. The Hall–Kier alpha value is -2.63. The lowest BCUT2D eigenvalue weighted by molar-refractivity contribution is 0.0362. The number of rotatable bonds is 2. The summed E-state index contributed by atoms with van der Waals surface area (Å²) in [6.07, 6.45) is -0.423. The van der Waals surface area contributed by atoms with Gasteiger partial charge in [-0.25, -0.2) is 13.6 Å². The van der Waals surface area contributed by atoms with Crippen molar-refractivity contribution in [2.45, 2.75) is 19.4 Å². The van der Waals surface area contributed by atoms with Gasteiger partial charge in [0.25, 0.3) is 0 Å². The maximum Gasteiger partial charge on any atom is 0.414 e. The third-order valence-electron chi connectivity index (χ3n) is 3.83. The number of amides is 1. The number of halogens is 2. The number of anilines is 3. The van der Waals surface area contributed by atoms with Crippen molar-refractivity contribution in [1.29, 1.82) is 0 Å². The van der Waals surface area contributed by atoms with Gasteiger partial charge in [-0.1, -0.05) is 0 Å². The van der Waals surface area contributed by atoms with Crippen LogP contribution < -0.4 is 10.2 Å². The van der Waals surface area contributed by atoms with Gasteiger partial charge >= 0.3 is 6.09 Å². The van der Waals surface area contributed by atoms with Gasteiger partial charge in [-0.15, -0.1) is 0 Å². The van der Waals surface area contributed by atoms with Crippen LogP contribution in [0.2, 0.25) is 0 Å². The number of hydrogen-bond donors (Lipinski definition) is 1. The predicted octanol–water partition coefficient (Wildman–Crippen LogP) is 4.53. The summed E-state index contributed by atoms with van der Waals surface area (Å²) in [7, 11) is 1.63. The van der Waals surface area contributed by atoms with Crippen LogP contribution >= 0.6 is 0 Å². The normalized spacial score (nSPS) is 15.9. The summed E-state index contributed by atoms with van der Waals surface area (Å²) in [6.45, 7) is 3.58. The first-order chi connectivity index (χ1) is 10.8. The van der Waals surface area contributed by atoms with Crippen LogP contribution in [0.3, 0.4) is 0 Å². The first-order valence-electron chi connectivity index (χ1n) is 7.11. The van der Waals surface area contributed by atoms with Crippen molar-refractivity contribution in [2.75, 3.05) is 17.3 Å². The number of hydrogen-bond acceptors (Lipinski definition) is 3. The molecular formula is C17H16F2N2O2. The molecule has 1 N–H and O–H groups in total. The largest absolute Gasteiger partial charge is 0.438 e. The SMILES string of the molecule is CN1C(=O)OC(C)(C)c2cc(Nc3ccc(F)cc3F)ccc21. The summed E-state index contributed by atoms with van der Waals surface area (Å²) in [4.78, 5) is 13.2. The lowest BCUT2D eigenvalue weighted by Crippen LogP contribution is -2.41. The predicted molar refractivity (Wildman–Crippen MR) is 84.0 cm³/mol. The van der Waals surface area contributed by atoms with Crippen molar-refractivity contribution in [3.8, 4) is 0 Å². The molecule has 1 aliphatic heterocycles. The van der Waals surface area contributed by atoms with Gasteiger partial charge in [0.1, 0.15) is 17.2 Å². The molecule has 0 bridgehead atoms. The van der Waals surface area contributed by atoms with Gasteiger partial charge in [0, 0.05) is 24.4 Å². The van der Waals surface area contributed by atoms with Crippen LogP contribution in [0, 0.1) is 11.6 Å². The Labute approximate surface area is 132 Å². The minimum Gasteiger partial charge on any atom is -0.438 e. The molecule has 23 heavy (non-hydrogen) atoms. The molecule has 4 nitrogen and oxygen atoms in total. The summed E-state index contributed by atoms with van der Waals surface area (Å²) in [6, 6.07) is 8.63. The molecule has 0 aliphatic carbocycles. The standard InChI is InChI=1S/C17H16F2N2O2/c1-17(2)12-9-11(5-7-15(12)21(3)16(22)23-17)20-14-6-4-10(18)8-13(14)19/h4-9,20H,1-3H3. The summed E-state index contributed by atoms with van der Waals surface area (Å²) >= 11 is 0. The van der Waals surface area contributed by atoms with E-state index in [0.717, 1.165) is 17.3 Å². The monoisotopic (exact) mass is 318 g/mol. The van der Waals surface area contributed by atoms with Crippen LogP contribution in [0.5, 0.6) is 0 Å². The van der Waals surface area contributed by atoms with Gasteiger partial charge in [0.15, 0.2) is 0 Å². The Morgan fingerprint density at radius 1 is 1.13 bits per heavy atom. The van der Waals surface area contributed by atoms with Crippen molar-refractivity contribution in [3.63, 3.8) is 0 Å². The molecule has 0 saturated heterocycles. The van der Waals surface area contributed by atoms with Gasteiger partial charge in [0.2, 0.25) is 0 Å². The number of fused-ring (bicyclic) bond motifs is 1. The fourth-order valence-corrected chi connectivity index (χ4v) is 2.57. The van der Waals surface area contributed by atoms with Crippen molar-refractivity contribution in [1.82, 2.24) is 0 Å². The maximum atomic E-state index is 13.8. The zero-order valence-electron chi connectivity index (χ0n) is 13.0. The molecule has 1 amide bonds. The topological polar surface area (TPSA) is 41.6 Å². The molecule has 6 heteroatoms. The molecule has 0 atom stereocenters. The molecule has 120 valence electrons. The Morgan fingerprint density at radius 3 is 2.57 bits per heavy atom. The number of ether oxygens (including phenoxy) is 1. The summed E-state index contributed by atoms with van der Waals surface area (Å²) in [5.41, 5.74) is 1.53. The highest BCUT2D eigenvalue weighted by Crippen LogP contribution is 2.40. The van der Waals surface area contributed by atoms with Crippen LogP contribution in [0.4, 0.5) is 30.6 Å². The number of benzene rings is 2. The lowest BCUT2D eigenvalue weighted by atomic mass is 9.93. The molecule has 1 heterocycles. The molecule has 3 rings (SSSR count). The second kappa shape index (κ2) is 5.22. The van der Waals surface area contributed by atoms with Crippen molar-refractivity contribution < 1.29 is 18.3 Å². The van der Waals surface area contributed by atoms with E-state index in [0.29, 0.717) is 5.69 Å². The third-order valence-corrected chi connectivity index (χ3v) is 3.83. The lowest BCUT2D eigenvalue weighted by Gasteiger charge is -2.37. The minimum absolute atomic E-state index is 0.172. The van der Waals surface area contributed by atoms with E-state index in [1.807, 2.05) is 0 Å². The molecule has 1 aliphatic rings. The second-order valence-electron chi connectivity index (χ2n) is 5.92. The molecule has 0 radical (unpaired) electrons. The van der Waals surface area contributed by atoms with Crippen molar-refractivity contribution in [3.05, 3.63) is 53.6 Å². The van der Waals surface area contributed by atoms with Crippen molar-refractivity contribution in [2.24, 2.45) is 0 Å². The number of nitrogens with one attached hydrogen (secondary N) is 1. The molecule has 0 saturated carbocycles. The summed E-state index contributed by atoms with van der Waals surface area (Å²) < 4.78 is 32.1. The average Bonchev–Trinajstić information content (AvgIpc) is 2.48. The first-order valence-corrected chi connectivity index (χ1v) is 7.11. The van der Waals surface area contributed by atoms with Gasteiger partial charge in [-0.05, 0) is 44.2 Å². The summed E-state index contributed by atoms with van der Waals surface area (Å²) in [5, 5.41) is 2.91. The van der Waals surface area contributed by atoms with E-state index in [1.165, 1.54) is 17.0 Å². The van der Waals surface area contributed by atoms with E-state index < -0.39 is 23.3 Å². The Bertz CT molecular complexity index is 790. The number of carbonyl (C=O) groups is 1. The minimum atomic E-state index is -0.794. The highest BCUT2D eigenvalue weighted by atomic mass is 19.1. The van der Waals surface area contributed by atoms with Gasteiger partial charge in [-0.2, -0.15) is 0 Å². The Balaban J connectivity index is 1.99. The van der Waals surface area contributed by atoms with Gasteiger partial charge < -0.3 is 10.1 Å². The smallest absolute Gasteiger partial charge is 0.414 e. The number of nitrogens with zero attached hydrogens (tertiary/aromatic N) is 1. The summed E-state index contributed by atoms with van der Waals surface area (Å²) in [5.74, 6) is -1.31. The molecule has 0 aromatic heterocycles. The Kier molecular flexibility index (Phi) is 3.47. The Morgan fingerprint density at radius 2 is 1.87 bits per heavy atom. The van der Waals surface area contributed by atoms with Crippen LogP contribution in [-0.2, 0) is 10.3 Å². The van der Waals surface area contributed by atoms with E-state index in [1.54, 1.807) is 39.1 Å². The molecule has 2 aromatic carbocycles. The highest BCUT2D eigenvalue weighted by Gasteiger charge is 2.36.